The Morgan fingerprint density at radius 2 is 2.00 bits per heavy atom. The molecule has 0 radical (unpaired) electrons. The second-order valence-corrected chi connectivity index (χ2v) is 4.98. The molecule has 0 bridgehead atoms. The molecule has 0 heterocycles. The van der Waals surface area contributed by atoms with Gasteiger partial charge in [0.2, 0.25) is 0 Å². The fraction of sp³-hybridized carbons (Fsp3) is 1.00. The molecule has 0 aromatic rings. The Morgan fingerprint density at radius 1 is 1.21 bits per heavy atom. The largest absolute Gasteiger partial charge is 0.315 e. The van der Waals surface area contributed by atoms with E-state index in [1.165, 1.54) is 25.8 Å². The number of nitrogens with one attached hydrogen (secondary N) is 2. The maximum absolute atomic E-state index is 3.55. The van der Waals surface area contributed by atoms with Gasteiger partial charge in [0, 0.05) is 19.1 Å². The fourth-order valence-corrected chi connectivity index (χ4v) is 2.26. The smallest absolute Gasteiger partial charge is 0.00790 e. The lowest BCUT2D eigenvalue weighted by molar-refractivity contribution is 0.390. The van der Waals surface area contributed by atoms with Gasteiger partial charge >= 0.3 is 0 Å². The van der Waals surface area contributed by atoms with E-state index in [0.717, 1.165) is 24.9 Å². The maximum atomic E-state index is 3.55. The molecular weight excluding hydrogens is 172 g/mol. The molecule has 2 unspecified atom stereocenters. The Bertz CT molecular complexity index is 145. The van der Waals surface area contributed by atoms with Crippen LogP contribution in [0, 0.1) is 11.8 Å². The molecule has 0 spiro atoms. The van der Waals surface area contributed by atoms with Crippen LogP contribution in [0.3, 0.4) is 0 Å². The molecule has 1 aliphatic carbocycles. The third kappa shape index (κ3) is 4.43. The summed E-state index contributed by atoms with van der Waals surface area (Å²) in [6.45, 7) is 10.2. The Labute approximate surface area is 88.8 Å². The standard InChI is InChI=1S/C12H26N2/c1-10(2)14-8-7-13-9-12-6-4-5-11(12)3/h10-14H,4-9H2,1-3H3. The Balaban J connectivity index is 1.93. The van der Waals surface area contributed by atoms with Crippen molar-refractivity contribution in [1.82, 2.24) is 10.6 Å². The third-order valence-electron chi connectivity index (χ3n) is 3.30. The minimum atomic E-state index is 0.613. The summed E-state index contributed by atoms with van der Waals surface area (Å²) >= 11 is 0. The molecular formula is C12H26N2. The van der Waals surface area contributed by atoms with E-state index in [-0.39, 0.29) is 0 Å². The first-order valence-corrected chi connectivity index (χ1v) is 6.14. The average Bonchev–Trinajstić information content (AvgIpc) is 2.51. The molecule has 1 fully saturated rings. The van der Waals surface area contributed by atoms with E-state index in [9.17, 15) is 0 Å². The summed E-state index contributed by atoms with van der Waals surface area (Å²) in [5, 5.41) is 6.97. The molecule has 2 heteroatoms. The van der Waals surface area contributed by atoms with Crippen molar-refractivity contribution in [3.63, 3.8) is 0 Å². The Kier molecular flexibility index (Phi) is 5.49. The average molecular weight is 198 g/mol. The second-order valence-electron chi connectivity index (χ2n) is 4.98. The van der Waals surface area contributed by atoms with Crippen LogP contribution in [0.15, 0.2) is 0 Å². The first-order valence-electron chi connectivity index (χ1n) is 6.14. The zero-order valence-corrected chi connectivity index (χ0v) is 9.97. The highest BCUT2D eigenvalue weighted by atomic mass is 15.0. The summed E-state index contributed by atoms with van der Waals surface area (Å²) < 4.78 is 0. The summed E-state index contributed by atoms with van der Waals surface area (Å²) in [5.41, 5.74) is 0. The summed E-state index contributed by atoms with van der Waals surface area (Å²) in [4.78, 5) is 0. The first-order chi connectivity index (χ1) is 6.70. The Hall–Kier alpha value is -0.0800. The van der Waals surface area contributed by atoms with Crippen molar-refractivity contribution in [3.05, 3.63) is 0 Å². The molecule has 84 valence electrons. The zero-order valence-electron chi connectivity index (χ0n) is 9.97. The van der Waals surface area contributed by atoms with Gasteiger partial charge in [0.25, 0.3) is 0 Å². The highest BCUT2D eigenvalue weighted by molar-refractivity contribution is 4.75. The van der Waals surface area contributed by atoms with Crippen LogP contribution in [0.1, 0.15) is 40.0 Å². The van der Waals surface area contributed by atoms with Crippen molar-refractivity contribution in [2.24, 2.45) is 11.8 Å². The maximum Gasteiger partial charge on any atom is 0.00790 e. The lowest BCUT2D eigenvalue weighted by Gasteiger charge is -2.16. The number of hydrogen-bond acceptors (Lipinski definition) is 2. The second kappa shape index (κ2) is 6.41. The minimum absolute atomic E-state index is 0.613. The van der Waals surface area contributed by atoms with Crippen LogP contribution in [0.5, 0.6) is 0 Å². The van der Waals surface area contributed by atoms with Crippen LogP contribution < -0.4 is 10.6 Å². The summed E-state index contributed by atoms with van der Waals surface area (Å²) in [6, 6.07) is 0.613. The first kappa shape index (κ1) is 12.0. The van der Waals surface area contributed by atoms with Crippen molar-refractivity contribution in [2.45, 2.75) is 46.1 Å². The highest BCUT2D eigenvalue weighted by Crippen LogP contribution is 2.30. The SMILES string of the molecule is CC(C)NCCNCC1CCCC1C. The van der Waals surface area contributed by atoms with E-state index in [1.807, 2.05) is 0 Å². The van der Waals surface area contributed by atoms with Gasteiger partial charge in [-0.3, -0.25) is 0 Å². The van der Waals surface area contributed by atoms with E-state index in [2.05, 4.69) is 31.4 Å². The van der Waals surface area contributed by atoms with Gasteiger partial charge in [-0.2, -0.15) is 0 Å². The summed E-state index contributed by atoms with van der Waals surface area (Å²) in [6.07, 6.45) is 4.32. The highest BCUT2D eigenvalue weighted by Gasteiger charge is 2.22. The fourth-order valence-electron chi connectivity index (χ4n) is 2.26. The topological polar surface area (TPSA) is 24.1 Å². The lowest BCUT2D eigenvalue weighted by Crippen LogP contribution is -2.34. The summed E-state index contributed by atoms with van der Waals surface area (Å²) in [5.74, 6) is 1.88. The molecule has 1 rings (SSSR count). The van der Waals surface area contributed by atoms with Crippen LogP contribution in [0.2, 0.25) is 0 Å². The Morgan fingerprint density at radius 3 is 2.57 bits per heavy atom. The monoisotopic (exact) mass is 198 g/mol. The van der Waals surface area contributed by atoms with Crippen molar-refractivity contribution in [3.8, 4) is 0 Å². The van der Waals surface area contributed by atoms with E-state index in [4.69, 9.17) is 0 Å². The zero-order chi connectivity index (χ0) is 10.4. The van der Waals surface area contributed by atoms with E-state index in [1.54, 1.807) is 0 Å². The number of hydrogen-bond donors (Lipinski definition) is 2. The van der Waals surface area contributed by atoms with Crippen LogP contribution in [0.4, 0.5) is 0 Å². The lowest BCUT2D eigenvalue weighted by atomic mass is 9.98. The molecule has 2 N–H and O–H groups in total. The van der Waals surface area contributed by atoms with Crippen LogP contribution in [0.25, 0.3) is 0 Å². The van der Waals surface area contributed by atoms with Gasteiger partial charge in [-0.1, -0.05) is 33.6 Å². The summed E-state index contributed by atoms with van der Waals surface area (Å²) in [7, 11) is 0. The van der Waals surface area contributed by atoms with Gasteiger partial charge < -0.3 is 10.6 Å². The molecule has 2 nitrogen and oxygen atoms in total. The van der Waals surface area contributed by atoms with Crippen LogP contribution >= 0.6 is 0 Å². The van der Waals surface area contributed by atoms with Crippen molar-refractivity contribution in [2.75, 3.05) is 19.6 Å². The third-order valence-corrected chi connectivity index (χ3v) is 3.30. The molecule has 0 amide bonds. The molecule has 0 aliphatic heterocycles. The normalized spacial score (nSPS) is 27.4. The van der Waals surface area contributed by atoms with Gasteiger partial charge in [-0.15, -0.1) is 0 Å². The molecule has 1 aliphatic rings. The van der Waals surface area contributed by atoms with Crippen LogP contribution in [-0.2, 0) is 0 Å². The van der Waals surface area contributed by atoms with Gasteiger partial charge in [0.1, 0.15) is 0 Å². The van der Waals surface area contributed by atoms with E-state index >= 15 is 0 Å². The van der Waals surface area contributed by atoms with Crippen molar-refractivity contribution < 1.29 is 0 Å². The molecule has 0 aromatic heterocycles. The van der Waals surface area contributed by atoms with Gasteiger partial charge in [-0.25, -0.2) is 0 Å². The van der Waals surface area contributed by atoms with Crippen LogP contribution in [-0.4, -0.2) is 25.7 Å². The predicted molar refractivity (Wildman–Crippen MR) is 62.5 cm³/mol. The van der Waals surface area contributed by atoms with Crippen molar-refractivity contribution in [1.29, 1.82) is 0 Å². The van der Waals surface area contributed by atoms with Gasteiger partial charge in [0.15, 0.2) is 0 Å². The molecule has 14 heavy (non-hydrogen) atoms. The number of rotatable bonds is 6. The molecule has 0 aromatic carbocycles. The van der Waals surface area contributed by atoms with Gasteiger partial charge in [-0.05, 0) is 24.8 Å². The van der Waals surface area contributed by atoms with Crippen molar-refractivity contribution >= 4 is 0 Å². The van der Waals surface area contributed by atoms with E-state index in [0.29, 0.717) is 6.04 Å². The minimum Gasteiger partial charge on any atom is -0.315 e. The quantitative estimate of drug-likeness (QED) is 0.638. The van der Waals surface area contributed by atoms with E-state index < -0.39 is 0 Å². The molecule has 1 saturated carbocycles. The van der Waals surface area contributed by atoms with Gasteiger partial charge in [0.05, 0.1) is 0 Å². The molecule has 2 atom stereocenters. The predicted octanol–water partition coefficient (Wildman–Crippen LogP) is 2.01. The molecule has 0 saturated heterocycles.